The number of carbonyl (C=O) groups is 2. The van der Waals surface area contributed by atoms with E-state index in [2.05, 4.69) is 6.92 Å². The summed E-state index contributed by atoms with van der Waals surface area (Å²) in [6.45, 7) is 7.31. The first kappa shape index (κ1) is 25.2. The average molecular weight is 470 g/mol. The monoisotopic (exact) mass is 469 g/mol. The molecule has 1 aliphatic heterocycles. The van der Waals surface area contributed by atoms with Gasteiger partial charge in [0.1, 0.15) is 0 Å². The van der Waals surface area contributed by atoms with Crippen molar-refractivity contribution < 1.29 is 18.0 Å². The Labute approximate surface area is 198 Å². The lowest BCUT2D eigenvalue weighted by Crippen LogP contribution is -2.30. The van der Waals surface area contributed by atoms with Crippen molar-refractivity contribution in [3.8, 4) is 0 Å². The topological polar surface area (TPSA) is 71.5 Å². The second kappa shape index (κ2) is 10.2. The molecule has 3 rings (SSSR count). The van der Waals surface area contributed by atoms with Gasteiger partial charge in [-0.3, -0.25) is 9.59 Å². The highest BCUT2D eigenvalue weighted by Gasteiger charge is 2.36. The first-order chi connectivity index (χ1) is 15.5. The Morgan fingerprint density at radius 1 is 0.758 bits per heavy atom. The molecule has 1 heterocycles. The van der Waals surface area contributed by atoms with Gasteiger partial charge in [-0.05, 0) is 81.8 Å². The van der Waals surface area contributed by atoms with Crippen molar-refractivity contribution in [3.05, 3.63) is 64.7 Å². The van der Waals surface area contributed by atoms with Gasteiger partial charge in [0, 0.05) is 0 Å². The fraction of sp³-hybridized carbons (Fsp3) is 0.481. The minimum absolute atomic E-state index is 0.245. The van der Waals surface area contributed by atoms with Crippen LogP contribution in [0.2, 0.25) is 0 Å². The molecule has 0 radical (unpaired) electrons. The quantitative estimate of drug-likeness (QED) is 0.328. The van der Waals surface area contributed by atoms with E-state index in [0.717, 1.165) is 49.7 Å². The number of rotatable bonds is 10. The number of amides is 2. The van der Waals surface area contributed by atoms with E-state index < -0.39 is 14.6 Å². The summed E-state index contributed by atoms with van der Waals surface area (Å²) in [5.74, 6) is -0.285. The minimum Gasteiger partial charge on any atom is -0.268 e. The SMILES string of the molecule is CCc1ccc(N2C(=O)c3ccc(CCCCCCCS(=O)(=O)C(C)(C)C)cc3C2=O)cc1. The molecule has 2 aromatic rings. The molecule has 33 heavy (non-hydrogen) atoms. The third-order valence-electron chi connectivity index (χ3n) is 6.37. The molecule has 1 aliphatic rings. The second-order valence-electron chi connectivity index (χ2n) is 9.79. The number of benzene rings is 2. The summed E-state index contributed by atoms with van der Waals surface area (Å²) in [5.41, 5.74) is 3.75. The molecule has 0 fully saturated rings. The molecule has 6 heteroatoms. The van der Waals surface area contributed by atoms with Crippen molar-refractivity contribution in [1.82, 2.24) is 0 Å². The van der Waals surface area contributed by atoms with E-state index in [4.69, 9.17) is 0 Å². The fourth-order valence-electron chi connectivity index (χ4n) is 4.02. The van der Waals surface area contributed by atoms with Crippen molar-refractivity contribution in [1.29, 1.82) is 0 Å². The third kappa shape index (κ3) is 5.72. The van der Waals surface area contributed by atoms with Crippen LogP contribution in [0.4, 0.5) is 5.69 Å². The predicted molar refractivity (Wildman–Crippen MR) is 134 cm³/mol. The van der Waals surface area contributed by atoms with E-state index in [9.17, 15) is 18.0 Å². The van der Waals surface area contributed by atoms with Crippen LogP contribution in [0.15, 0.2) is 42.5 Å². The van der Waals surface area contributed by atoms with Gasteiger partial charge in [0.15, 0.2) is 9.84 Å². The maximum absolute atomic E-state index is 13.0. The predicted octanol–water partition coefficient (Wildman–Crippen LogP) is 5.76. The molecule has 0 saturated heterocycles. The first-order valence-corrected chi connectivity index (χ1v) is 13.5. The van der Waals surface area contributed by atoms with E-state index in [1.54, 1.807) is 26.8 Å². The number of sulfone groups is 1. The van der Waals surface area contributed by atoms with Crippen molar-refractivity contribution in [2.45, 2.75) is 77.4 Å². The summed E-state index contributed by atoms with van der Waals surface area (Å²) in [4.78, 5) is 27.1. The molecular formula is C27H35NO4S. The Bertz CT molecular complexity index is 1110. The summed E-state index contributed by atoms with van der Waals surface area (Å²) in [5, 5.41) is 0. The molecule has 178 valence electrons. The number of anilines is 1. The van der Waals surface area contributed by atoms with Crippen LogP contribution in [0, 0.1) is 0 Å². The van der Waals surface area contributed by atoms with E-state index >= 15 is 0 Å². The molecule has 0 atom stereocenters. The van der Waals surface area contributed by atoms with Gasteiger partial charge in [-0.25, -0.2) is 13.3 Å². The smallest absolute Gasteiger partial charge is 0.266 e. The van der Waals surface area contributed by atoms with Crippen LogP contribution in [-0.2, 0) is 22.7 Å². The van der Waals surface area contributed by atoms with Gasteiger partial charge < -0.3 is 0 Å². The highest BCUT2D eigenvalue weighted by atomic mass is 32.2. The number of imide groups is 1. The van der Waals surface area contributed by atoms with Gasteiger partial charge in [0.05, 0.1) is 27.3 Å². The number of carbonyl (C=O) groups excluding carboxylic acids is 2. The number of fused-ring (bicyclic) bond motifs is 1. The van der Waals surface area contributed by atoms with Crippen molar-refractivity contribution in [2.24, 2.45) is 0 Å². The molecular weight excluding hydrogens is 434 g/mol. The highest BCUT2D eigenvalue weighted by Crippen LogP contribution is 2.30. The van der Waals surface area contributed by atoms with Crippen LogP contribution in [0.5, 0.6) is 0 Å². The zero-order valence-corrected chi connectivity index (χ0v) is 21.0. The summed E-state index contributed by atoms with van der Waals surface area (Å²) in [6.07, 6.45) is 6.30. The van der Waals surface area contributed by atoms with Crippen molar-refractivity contribution in [2.75, 3.05) is 10.7 Å². The maximum atomic E-state index is 13.0. The van der Waals surface area contributed by atoms with Gasteiger partial charge >= 0.3 is 0 Å². The van der Waals surface area contributed by atoms with Gasteiger partial charge in [-0.15, -0.1) is 0 Å². The molecule has 0 aliphatic carbocycles. The molecule has 2 aromatic carbocycles. The van der Waals surface area contributed by atoms with Crippen LogP contribution < -0.4 is 4.90 Å². The van der Waals surface area contributed by atoms with E-state index in [1.165, 1.54) is 4.90 Å². The normalized spacial score (nSPS) is 14.1. The maximum Gasteiger partial charge on any atom is 0.266 e. The highest BCUT2D eigenvalue weighted by molar-refractivity contribution is 7.92. The second-order valence-corrected chi connectivity index (χ2v) is 12.7. The molecule has 0 aromatic heterocycles. The van der Waals surface area contributed by atoms with Gasteiger partial charge in [-0.1, -0.05) is 44.4 Å². The van der Waals surface area contributed by atoms with E-state index in [0.29, 0.717) is 23.2 Å². The van der Waals surface area contributed by atoms with Crippen molar-refractivity contribution >= 4 is 27.3 Å². The zero-order chi connectivity index (χ0) is 24.2. The number of aryl methyl sites for hydroxylation is 2. The molecule has 0 spiro atoms. The zero-order valence-electron chi connectivity index (χ0n) is 20.2. The molecule has 0 saturated carbocycles. The van der Waals surface area contributed by atoms with Gasteiger partial charge in [0.2, 0.25) is 0 Å². The number of nitrogens with zero attached hydrogens (tertiary/aromatic N) is 1. The number of hydrogen-bond acceptors (Lipinski definition) is 4. The lowest BCUT2D eigenvalue weighted by atomic mass is 10.0. The van der Waals surface area contributed by atoms with Gasteiger partial charge in [0.25, 0.3) is 11.8 Å². The standard InChI is InChI=1S/C27H35NO4S/c1-5-20-12-15-22(16-13-20)28-25(29)23-17-14-21(19-24(23)26(28)30)11-9-7-6-8-10-18-33(31,32)27(2,3)4/h12-17,19H,5-11,18H2,1-4H3. The first-order valence-electron chi connectivity index (χ1n) is 11.9. The van der Waals surface area contributed by atoms with Crippen LogP contribution in [0.1, 0.15) is 91.6 Å². The Morgan fingerprint density at radius 2 is 1.33 bits per heavy atom. The third-order valence-corrected chi connectivity index (χ3v) is 9.06. The Morgan fingerprint density at radius 3 is 1.97 bits per heavy atom. The Hall–Kier alpha value is -2.47. The summed E-state index contributed by atoms with van der Waals surface area (Å²) in [7, 11) is -3.04. The van der Waals surface area contributed by atoms with Crippen LogP contribution in [0.3, 0.4) is 0 Å². The molecule has 5 nitrogen and oxygen atoms in total. The molecule has 0 bridgehead atoms. The summed E-state index contributed by atoms with van der Waals surface area (Å²) in [6, 6.07) is 13.1. The lowest BCUT2D eigenvalue weighted by Gasteiger charge is -2.18. The molecule has 2 amide bonds. The number of unbranched alkanes of at least 4 members (excludes halogenated alkanes) is 4. The van der Waals surface area contributed by atoms with Crippen LogP contribution in [0.25, 0.3) is 0 Å². The number of hydrogen-bond donors (Lipinski definition) is 0. The van der Waals surface area contributed by atoms with Crippen LogP contribution >= 0.6 is 0 Å². The summed E-state index contributed by atoms with van der Waals surface area (Å²) < 4.78 is 23.6. The minimum atomic E-state index is -3.04. The molecule has 0 unspecified atom stereocenters. The van der Waals surface area contributed by atoms with E-state index in [1.807, 2.05) is 36.4 Å². The van der Waals surface area contributed by atoms with E-state index in [-0.39, 0.29) is 17.6 Å². The van der Waals surface area contributed by atoms with Gasteiger partial charge in [-0.2, -0.15) is 0 Å². The van der Waals surface area contributed by atoms with Crippen LogP contribution in [-0.4, -0.2) is 30.7 Å². The average Bonchev–Trinajstić information content (AvgIpc) is 3.02. The molecule has 0 N–H and O–H groups in total. The lowest BCUT2D eigenvalue weighted by molar-refractivity contribution is 0.0926. The fourth-order valence-corrected chi connectivity index (χ4v) is 5.21. The van der Waals surface area contributed by atoms with Crippen molar-refractivity contribution in [3.63, 3.8) is 0 Å². The Balaban J connectivity index is 1.51. The summed E-state index contributed by atoms with van der Waals surface area (Å²) >= 11 is 0. The largest absolute Gasteiger partial charge is 0.268 e. The Kier molecular flexibility index (Phi) is 7.78.